The van der Waals surface area contributed by atoms with E-state index in [0.717, 1.165) is 6.08 Å². The first-order valence-corrected chi connectivity index (χ1v) is 4.65. The van der Waals surface area contributed by atoms with Crippen LogP contribution in [0.2, 0.25) is 5.02 Å². The molecule has 0 saturated carbocycles. The highest BCUT2D eigenvalue weighted by molar-refractivity contribution is 6.32. The van der Waals surface area contributed by atoms with Crippen molar-refractivity contribution in [3.63, 3.8) is 0 Å². The molecule has 0 spiro atoms. The monoisotopic (exact) mass is 241 g/mol. The van der Waals surface area contributed by atoms with Gasteiger partial charge in [-0.05, 0) is 19.1 Å². The van der Waals surface area contributed by atoms with Gasteiger partial charge in [0, 0.05) is 28.3 Å². The summed E-state index contributed by atoms with van der Waals surface area (Å²) in [6, 6.07) is 2.66. The molecule has 0 radical (unpaired) electrons. The Morgan fingerprint density at radius 2 is 2.19 bits per heavy atom. The number of carboxylic acid groups (broad SMARTS) is 1. The molecular formula is C10H8ClNO4. The third-order valence-corrected chi connectivity index (χ3v) is 2.35. The van der Waals surface area contributed by atoms with Gasteiger partial charge >= 0.3 is 5.97 Å². The number of nitro benzene ring substituents is 1. The SMILES string of the molecule is Cc1c([N+](=O)[O-])ccc(Cl)c1/C=C/C(=O)O. The van der Waals surface area contributed by atoms with Gasteiger partial charge in [0.1, 0.15) is 0 Å². The van der Waals surface area contributed by atoms with Gasteiger partial charge in [-0.1, -0.05) is 11.6 Å². The molecule has 0 bridgehead atoms. The molecule has 0 aliphatic heterocycles. The molecule has 5 nitrogen and oxygen atoms in total. The molecule has 0 heterocycles. The molecule has 0 fully saturated rings. The number of nitro groups is 1. The van der Waals surface area contributed by atoms with Gasteiger partial charge in [0.2, 0.25) is 0 Å². The maximum absolute atomic E-state index is 10.6. The van der Waals surface area contributed by atoms with E-state index in [4.69, 9.17) is 16.7 Å². The summed E-state index contributed by atoms with van der Waals surface area (Å²) in [5.41, 5.74) is 0.600. The summed E-state index contributed by atoms with van der Waals surface area (Å²) in [6.07, 6.45) is 2.13. The van der Waals surface area contributed by atoms with Crippen LogP contribution >= 0.6 is 11.6 Å². The lowest BCUT2D eigenvalue weighted by atomic mass is 10.1. The maximum Gasteiger partial charge on any atom is 0.328 e. The van der Waals surface area contributed by atoms with E-state index in [1.54, 1.807) is 0 Å². The maximum atomic E-state index is 10.6. The van der Waals surface area contributed by atoms with E-state index in [1.165, 1.54) is 25.1 Å². The van der Waals surface area contributed by atoms with Crippen molar-refractivity contribution in [3.8, 4) is 0 Å². The van der Waals surface area contributed by atoms with Crippen LogP contribution in [0.3, 0.4) is 0 Å². The zero-order valence-corrected chi connectivity index (χ0v) is 9.06. The molecule has 0 atom stereocenters. The predicted molar refractivity (Wildman–Crippen MR) is 59.5 cm³/mol. The first kappa shape index (κ1) is 12.2. The fourth-order valence-corrected chi connectivity index (χ4v) is 1.51. The zero-order chi connectivity index (χ0) is 12.3. The largest absolute Gasteiger partial charge is 0.478 e. The zero-order valence-electron chi connectivity index (χ0n) is 8.31. The summed E-state index contributed by atoms with van der Waals surface area (Å²) >= 11 is 5.82. The second-order valence-electron chi connectivity index (χ2n) is 3.03. The van der Waals surface area contributed by atoms with Crippen LogP contribution in [0, 0.1) is 17.0 Å². The molecule has 0 unspecified atom stereocenters. The van der Waals surface area contributed by atoms with Crippen LogP contribution < -0.4 is 0 Å². The summed E-state index contributed by atoms with van der Waals surface area (Å²) in [5.74, 6) is -1.14. The topological polar surface area (TPSA) is 80.4 Å². The normalized spacial score (nSPS) is 10.6. The summed E-state index contributed by atoms with van der Waals surface area (Å²) in [7, 11) is 0. The fraction of sp³-hybridized carbons (Fsp3) is 0.100. The lowest BCUT2D eigenvalue weighted by Crippen LogP contribution is -1.95. The number of rotatable bonds is 3. The van der Waals surface area contributed by atoms with Crippen molar-refractivity contribution in [2.45, 2.75) is 6.92 Å². The number of hydrogen-bond donors (Lipinski definition) is 1. The molecule has 0 aromatic heterocycles. The number of carbonyl (C=O) groups is 1. The third kappa shape index (κ3) is 2.58. The molecule has 1 rings (SSSR count). The molecular weight excluding hydrogens is 234 g/mol. The van der Waals surface area contributed by atoms with Crippen LogP contribution in [0.5, 0.6) is 0 Å². The minimum absolute atomic E-state index is 0.0885. The number of hydrogen-bond acceptors (Lipinski definition) is 3. The van der Waals surface area contributed by atoms with E-state index in [2.05, 4.69) is 0 Å². The second-order valence-corrected chi connectivity index (χ2v) is 3.44. The number of nitrogens with zero attached hydrogens (tertiary/aromatic N) is 1. The molecule has 0 amide bonds. The highest BCUT2D eigenvalue weighted by atomic mass is 35.5. The lowest BCUT2D eigenvalue weighted by Gasteiger charge is -2.03. The predicted octanol–water partition coefficient (Wildman–Crippen LogP) is 2.65. The van der Waals surface area contributed by atoms with Crippen LogP contribution in [0.15, 0.2) is 18.2 Å². The standard InChI is InChI=1S/C10H8ClNO4/c1-6-7(2-5-10(13)14)8(11)3-4-9(6)12(15)16/h2-5H,1H3,(H,13,14)/b5-2+. The van der Waals surface area contributed by atoms with Crippen LogP contribution in [-0.4, -0.2) is 16.0 Å². The molecule has 16 heavy (non-hydrogen) atoms. The van der Waals surface area contributed by atoms with Crippen molar-refractivity contribution >= 4 is 29.3 Å². The minimum atomic E-state index is -1.14. The molecule has 84 valence electrons. The van der Waals surface area contributed by atoms with Crippen LogP contribution in [0.25, 0.3) is 6.08 Å². The molecule has 1 aromatic carbocycles. The summed E-state index contributed by atoms with van der Waals surface area (Å²) in [6.45, 7) is 1.52. The summed E-state index contributed by atoms with van der Waals surface area (Å²) in [4.78, 5) is 20.5. The van der Waals surface area contributed by atoms with E-state index in [0.29, 0.717) is 11.1 Å². The minimum Gasteiger partial charge on any atom is -0.478 e. The van der Waals surface area contributed by atoms with Gasteiger partial charge in [0.15, 0.2) is 0 Å². The van der Waals surface area contributed by atoms with Gasteiger partial charge in [0.25, 0.3) is 5.69 Å². The molecule has 0 aliphatic rings. The highest BCUT2D eigenvalue weighted by Gasteiger charge is 2.14. The van der Waals surface area contributed by atoms with E-state index >= 15 is 0 Å². The van der Waals surface area contributed by atoms with Gasteiger partial charge in [-0.3, -0.25) is 10.1 Å². The molecule has 1 aromatic rings. The Labute approximate surface area is 96.1 Å². The van der Waals surface area contributed by atoms with E-state index in [1.807, 2.05) is 0 Å². The Hall–Kier alpha value is -1.88. The van der Waals surface area contributed by atoms with Crippen LogP contribution in [-0.2, 0) is 4.79 Å². The van der Waals surface area contributed by atoms with Crippen LogP contribution in [0.1, 0.15) is 11.1 Å². The second kappa shape index (κ2) is 4.76. The third-order valence-electron chi connectivity index (χ3n) is 2.02. The Kier molecular flexibility index (Phi) is 3.63. The summed E-state index contributed by atoms with van der Waals surface area (Å²) in [5, 5.41) is 19.4. The van der Waals surface area contributed by atoms with E-state index in [-0.39, 0.29) is 10.7 Å². The van der Waals surface area contributed by atoms with Crippen molar-refractivity contribution in [3.05, 3.63) is 44.5 Å². The van der Waals surface area contributed by atoms with Gasteiger partial charge in [-0.15, -0.1) is 0 Å². The quantitative estimate of drug-likeness (QED) is 0.501. The van der Waals surface area contributed by atoms with Crippen molar-refractivity contribution in [2.75, 3.05) is 0 Å². The van der Waals surface area contributed by atoms with Crippen molar-refractivity contribution in [2.24, 2.45) is 0 Å². The van der Waals surface area contributed by atoms with Crippen molar-refractivity contribution in [1.29, 1.82) is 0 Å². The van der Waals surface area contributed by atoms with Gasteiger partial charge < -0.3 is 5.11 Å². The fourth-order valence-electron chi connectivity index (χ4n) is 1.24. The number of carboxylic acids is 1. The van der Waals surface area contributed by atoms with Crippen LogP contribution in [0.4, 0.5) is 5.69 Å². The molecule has 0 saturated heterocycles. The number of benzene rings is 1. The van der Waals surface area contributed by atoms with Gasteiger partial charge in [-0.25, -0.2) is 4.79 Å². The van der Waals surface area contributed by atoms with Gasteiger partial charge in [-0.2, -0.15) is 0 Å². The Morgan fingerprint density at radius 1 is 1.56 bits per heavy atom. The van der Waals surface area contributed by atoms with Crippen molar-refractivity contribution < 1.29 is 14.8 Å². The average Bonchev–Trinajstić information content (AvgIpc) is 2.16. The highest BCUT2D eigenvalue weighted by Crippen LogP contribution is 2.28. The first-order valence-electron chi connectivity index (χ1n) is 4.28. The first-order chi connectivity index (χ1) is 7.43. The van der Waals surface area contributed by atoms with Gasteiger partial charge in [0.05, 0.1) is 4.92 Å². The Balaban J connectivity index is 3.32. The van der Waals surface area contributed by atoms with E-state index in [9.17, 15) is 14.9 Å². The molecule has 1 N–H and O–H groups in total. The smallest absolute Gasteiger partial charge is 0.328 e. The molecule has 6 heteroatoms. The Morgan fingerprint density at radius 3 is 2.69 bits per heavy atom. The summed E-state index contributed by atoms with van der Waals surface area (Å²) < 4.78 is 0. The molecule has 0 aliphatic carbocycles. The lowest BCUT2D eigenvalue weighted by molar-refractivity contribution is -0.385. The van der Waals surface area contributed by atoms with E-state index < -0.39 is 10.9 Å². The number of halogens is 1. The number of aliphatic carboxylic acids is 1. The average molecular weight is 242 g/mol. The Bertz CT molecular complexity index is 482. The van der Waals surface area contributed by atoms with Crippen molar-refractivity contribution in [1.82, 2.24) is 0 Å².